The van der Waals surface area contributed by atoms with Crippen LogP contribution < -0.4 is 5.73 Å². The Morgan fingerprint density at radius 2 is 1.68 bits per heavy atom. The lowest BCUT2D eigenvalue weighted by Crippen LogP contribution is -2.27. The van der Waals surface area contributed by atoms with Crippen LogP contribution in [0.1, 0.15) is 25.3 Å². The van der Waals surface area contributed by atoms with Gasteiger partial charge < -0.3 is 10.6 Å². The summed E-state index contributed by atoms with van der Waals surface area (Å²) in [6, 6.07) is 6.79. The van der Waals surface area contributed by atoms with Gasteiger partial charge >= 0.3 is 0 Å². The van der Waals surface area contributed by atoms with Gasteiger partial charge in [-0.15, -0.1) is 12.8 Å². The van der Waals surface area contributed by atoms with Crippen molar-refractivity contribution in [3.8, 4) is 12.8 Å². The van der Waals surface area contributed by atoms with Gasteiger partial charge in [-0.05, 0) is 63.1 Å². The minimum Gasteiger partial charge on any atom is -0.330 e. The van der Waals surface area contributed by atoms with Gasteiger partial charge in [0, 0.05) is 0 Å². The molecule has 0 fully saturated rings. The Labute approximate surface area is 116 Å². The maximum atomic E-state index is 12.7. The third-order valence-corrected chi connectivity index (χ3v) is 2.98. The molecular weight excluding hydrogens is 239 g/mol. The summed E-state index contributed by atoms with van der Waals surface area (Å²) in [5.41, 5.74) is 6.71. The topological polar surface area (TPSA) is 29.3 Å². The first-order valence-corrected chi connectivity index (χ1v) is 6.76. The van der Waals surface area contributed by atoms with Gasteiger partial charge in [0.2, 0.25) is 0 Å². The molecule has 0 bridgehead atoms. The van der Waals surface area contributed by atoms with Gasteiger partial charge in [0.15, 0.2) is 0 Å². The molecule has 0 aliphatic carbocycles. The first kappa shape index (κ1) is 17.6. The Kier molecular flexibility index (Phi) is 10.9. The van der Waals surface area contributed by atoms with Gasteiger partial charge in [0.05, 0.1) is 0 Å². The molecule has 1 aromatic rings. The highest BCUT2D eigenvalue weighted by Gasteiger charge is 2.01. The van der Waals surface area contributed by atoms with Crippen molar-refractivity contribution in [3.05, 3.63) is 35.6 Å². The minimum absolute atomic E-state index is 0.160. The number of nitrogens with zero attached hydrogens (tertiary/aromatic N) is 1. The molecule has 106 valence electrons. The summed E-state index contributed by atoms with van der Waals surface area (Å²) in [6.07, 6.45) is 11.2. The summed E-state index contributed by atoms with van der Waals surface area (Å²) < 4.78 is 12.7. The van der Waals surface area contributed by atoms with Gasteiger partial charge in [0.1, 0.15) is 5.82 Å². The SMILES string of the molecule is C#C.CCN(CCCN)CCCc1ccc(F)cc1. The molecule has 0 amide bonds. The van der Waals surface area contributed by atoms with E-state index in [4.69, 9.17) is 5.73 Å². The van der Waals surface area contributed by atoms with E-state index in [0.717, 1.165) is 45.4 Å². The Bertz CT molecular complexity index is 332. The summed E-state index contributed by atoms with van der Waals surface area (Å²) in [7, 11) is 0. The lowest BCUT2D eigenvalue weighted by atomic mass is 10.1. The fourth-order valence-corrected chi connectivity index (χ4v) is 1.90. The number of rotatable bonds is 8. The highest BCUT2D eigenvalue weighted by atomic mass is 19.1. The zero-order valence-electron chi connectivity index (χ0n) is 11.8. The van der Waals surface area contributed by atoms with Crippen LogP contribution in [0.2, 0.25) is 0 Å². The highest BCUT2D eigenvalue weighted by Crippen LogP contribution is 2.06. The van der Waals surface area contributed by atoms with Crippen molar-refractivity contribution in [3.63, 3.8) is 0 Å². The van der Waals surface area contributed by atoms with Gasteiger partial charge in [-0.25, -0.2) is 4.39 Å². The Balaban J connectivity index is 0.00000154. The van der Waals surface area contributed by atoms with Gasteiger partial charge in [-0.3, -0.25) is 0 Å². The van der Waals surface area contributed by atoms with Crippen LogP contribution >= 0.6 is 0 Å². The molecule has 0 atom stereocenters. The van der Waals surface area contributed by atoms with Crippen LogP contribution in [0.25, 0.3) is 0 Å². The summed E-state index contributed by atoms with van der Waals surface area (Å²) in [5, 5.41) is 0. The van der Waals surface area contributed by atoms with E-state index in [1.165, 1.54) is 17.7 Å². The molecule has 1 rings (SSSR count). The second-order valence-corrected chi connectivity index (χ2v) is 4.31. The minimum atomic E-state index is -0.160. The molecule has 2 N–H and O–H groups in total. The molecule has 0 saturated carbocycles. The van der Waals surface area contributed by atoms with Crippen molar-refractivity contribution in [2.75, 3.05) is 26.2 Å². The van der Waals surface area contributed by atoms with Gasteiger partial charge in [-0.1, -0.05) is 19.1 Å². The normalized spacial score (nSPS) is 10.0. The van der Waals surface area contributed by atoms with Crippen molar-refractivity contribution in [1.82, 2.24) is 4.90 Å². The number of nitrogens with two attached hydrogens (primary N) is 1. The summed E-state index contributed by atoms with van der Waals surface area (Å²) in [5.74, 6) is -0.160. The first-order valence-electron chi connectivity index (χ1n) is 6.76. The molecule has 19 heavy (non-hydrogen) atoms. The van der Waals surface area contributed by atoms with Crippen molar-refractivity contribution >= 4 is 0 Å². The second-order valence-electron chi connectivity index (χ2n) is 4.31. The largest absolute Gasteiger partial charge is 0.330 e. The quantitative estimate of drug-likeness (QED) is 0.731. The van der Waals surface area contributed by atoms with E-state index in [9.17, 15) is 4.39 Å². The lowest BCUT2D eigenvalue weighted by molar-refractivity contribution is 0.282. The van der Waals surface area contributed by atoms with E-state index in [-0.39, 0.29) is 5.82 Å². The Hall–Kier alpha value is -1.37. The highest BCUT2D eigenvalue weighted by molar-refractivity contribution is 5.15. The number of hydrogen-bond donors (Lipinski definition) is 1. The van der Waals surface area contributed by atoms with Crippen molar-refractivity contribution in [1.29, 1.82) is 0 Å². The second kappa shape index (κ2) is 11.7. The molecule has 0 radical (unpaired) electrons. The average Bonchev–Trinajstić information content (AvgIpc) is 2.47. The van der Waals surface area contributed by atoms with Crippen LogP contribution in [-0.2, 0) is 6.42 Å². The number of terminal acetylenes is 1. The number of halogens is 1. The maximum Gasteiger partial charge on any atom is 0.123 e. The summed E-state index contributed by atoms with van der Waals surface area (Å²) in [6.45, 7) is 6.18. The van der Waals surface area contributed by atoms with Crippen LogP contribution in [-0.4, -0.2) is 31.1 Å². The summed E-state index contributed by atoms with van der Waals surface area (Å²) in [4.78, 5) is 2.41. The number of aryl methyl sites for hydroxylation is 1. The first-order chi connectivity index (χ1) is 9.26. The predicted molar refractivity (Wildman–Crippen MR) is 80.4 cm³/mol. The summed E-state index contributed by atoms with van der Waals surface area (Å²) >= 11 is 0. The van der Waals surface area contributed by atoms with Gasteiger partial charge in [-0.2, -0.15) is 0 Å². The fraction of sp³-hybridized carbons (Fsp3) is 0.500. The number of hydrogen-bond acceptors (Lipinski definition) is 2. The molecule has 0 heterocycles. The van der Waals surface area contributed by atoms with Crippen molar-refractivity contribution in [2.45, 2.75) is 26.2 Å². The van der Waals surface area contributed by atoms with Crippen LogP contribution in [0.3, 0.4) is 0 Å². The molecule has 0 aliphatic heterocycles. The van der Waals surface area contributed by atoms with Crippen molar-refractivity contribution in [2.24, 2.45) is 5.73 Å². The fourth-order valence-electron chi connectivity index (χ4n) is 1.90. The van der Waals surface area contributed by atoms with E-state index in [2.05, 4.69) is 24.7 Å². The molecule has 0 aromatic heterocycles. The van der Waals surface area contributed by atoms with Crippen molar-refractivity contribution < 1.29 is 4.39 Å². The molecular formula is C16H25FN2. The van der Waals surface area contributed by atoms with Crippen LogP contribution in [0.5, 0.6) is 0 Å². The monoisotopic (exact) mass is 264 g/mol. The average molecular weight is 264 g/mol. The molecule has 0 saturated heterocycles. The molecule has 0 unspecified atom stereocenters. The van der Waals surface area contributed by atoms with E-state index in [1.54, 1.807) is 0 Å². The third kappa shape index (κ3) is 8.36. The Morgan fingerprint density at radius 1 is 1.11 bits per heavy atom. The maximum absolute atomic E-state index is 12.7. The van der Waals surface area contributed by atoms with E-state index in [1.807, 2.05) is 12.1 Å². The smallest absolute Gasteiger partial charge is 0.123 e. The molecule has 1 aromatic carbocycles. The molecule has 3 heteroatoms. The number of benzene rings is 1. The third-order valence-electron chi connectivity index (χ3n) is 2.98. The van der Waals surface area contributed by atoms with Crippen LogP contribution in [0, 0.1) is 18.7 Å². The van der Waals surface area contributed by atoms with E-state index in [0.29, 0.717) is 0 Å². The molecule has 0 aliphatic rings. The Morgan fingerprint density at radius 3 is 2.21 bits per heavy atom. The van der Waals surface area contributed by atoms with Gasteiger partial charge in [0.25, 0.3) is 0 Å². The lowest BCUT2D eigenvalue weighted by Gasteiger charge is -2.19. The standard InChI is InChI=1S/C14H23FN2.C2H2/c1-2-17(12-4-10-16)11-3-5-13-6-8-14(15)9-7-13;1-2/h6-9H,2-5,10-12,16H2,1H3;1-2H. The molecule has 0 spiro atoms. The molecule has 2 nitrogen and oxygen atoms in total. The van der Waals surface area contributed by atoms with Crippen LogP contribution in [0.4, 0.5) is 4.39 Å². The zero-order valence-corrected chi connectivity index (χ0v) is 11.8. The van der Waals surface area contributed by atoms with E-state index < -0.39 is 0 Å². The predicted octanol–water partition coefficient (Wildman–Crippen LogP) is 2.68. The zero-order chi connectivity index (χ0) is 14.5. The van der Waals surface area contributed by atoms with Crippen LogP contribution in [0.15, 0.2) is 24.3 Å². The van der Waals surface area contributed by atoms with E-state index >= 15 is 0 Å².